The van der Waals surface area contributed by atoms with Gasteiger partial charge in [-0.1, -0.05) is 0 Å². The van der Waals surface area contributed by atoms with Crippen molar-refractivity contribution >= 4 is 17.4 Å². The molecule has 0 unspecified atom stereocenters. The number of hydrogen-bond acceptors (Lipinski definition) is 3. The molecule has 0 fully saturated rings. The maximum absolute atomic E-state index is 14.2. The number of hydrogen-bond donors (Lipinski definition) is 1. The Morgan fingerprint density at radius 1 is 1.05 bits per heavy atom. The van der Waals surface area contributed by atoms with Gasteiger partial charge >= 0.3 is 0 Å². The molecule has 0 atom stereocenters. The maximum Gasteiger partial charge on any atom is 0.167 e. The zero-order valence-electron chi connectivity index (χ0n) is 12.4. The number of ether oxygens (including phenoxy) is 1. The molecule has 0 radical (unpaired) electrons. The van der Waals surface area contributed by atoms with Crippen LogP contribution in [0.25, 0.3) is 0 Å². The topological polar surface area (TPSA) is 35.2 Å². The van der Waals surface area contributed by atoms with Crippen molar-refractivity contribution < 1.29 is 17.9 Å². The minimum absolute atomic E-state index is 0.00693. The van der Waals surface area contributed by atoms with E-state index in [1.54, 1.807) is 19.9 Å². The Bertz CT molecular complexity index is 704. The lowest BCUT2D eigenvalue weighted by molar-refractivity contribution is 0.391. The normalized spacial score (nSPS) is 11.5. The number of anilines is 1. The summed E-state index contributed by atoms with van der Waals surface area (Å²) < 4.78 is 45.3. The van der Waals surface area contributed by atoms with E-state index in [0.717, 1.165) is 6.07 Å². The first kappa shape index (κ1) is 16.5. The van der Waals surface area contributed by atoms with Crippen LogP contribution in [0.15, 0.2) is 35.2 Å². The first-order valence-electron chi connectivity index (χ1n) is 6.52. The lowest BCUT2D eigenvalue weighted by Gasteiger charge is -2.27. The molecule has 0 amide bonds. The van der Waals surface area contributed by atoms with Crippen LogP contribution in [0.4, 0.5) is 18.9 Å². The molecular weight excluding hydrogens is 311 g/mol. The number of thioether (sulfide) groups is 1. The molecule has 0 aliphatic heterocycles. The minimum Gasteiger partial charge on any atom is -0.496 e. The van der Waals surface area contributed by atoms with E-state index in [1.807, 2.05) is 0 Å². The predicted molar refractivity (Wildman–Crippen MR) is 82.6 cm³/mol. The van der Waals surface area contributed by atoms with Gasteiger partial charge in [-0.3, -0.25) is 0 Å². The van der Waals surface area contributed by atoms with Crippen molar-refractivity contribution in [2.75, 3.05) is 12.8 Å². The summed E-state index contributed by atoms with van der Waals surface area (Å²) in [7, 11) is 1.40. The van der Waals surface area contributed by atoms with Crippen molar-refractivity contribution in [2.45, 2.75) is 23.5 Å². The van der Waals surface area contributed by atoms with E-state index in [1.165, 1.54) is 37.1 Å². The molecule has 22 heavy (non-hydrogen) atoms. The van der Waals surface area contributed by atoms with Crippen LogP contribution in [0.2, 0.25) is 0 Å². The van der Waals surface area contributed by atoms with Crippen molar-refractivity contribution in [3.05, 3.63) is 53.3 Å². The zero-order chi connectivity index (χ0) is 16.5. The molecule has 2 aromatic carbocycles. The Morgan fingerprint density at radius 2 is 1.68 bits per heavy atom. The molecule has 0 saturated carbocycles. The maximum atomic E-state index is 14.2. The molecule has 0 bridgehead atoms. The molecule has 0 aliphatic carbocycles. The Hall–Kier alpha value is -1.82. The summed E-state index contributed by atoms with van der Waals surface area (Å²) in [5.41, 5.74) is 5.66. The van der Waals surface area contributed by atoms with Crippen LogP contribution in [-0.4, -0.2) is 7.11 Å². The van der Waals surface area contributed by atoms with Crippen LogP contribution in [0, 0.1) is 17.5 Å². The van der Waals surface area contributed by atoms with Crippen LogP contribution >= 0.6 is 11.8 Å². The van der Waals surface area contributed by atoms with E-state index >= 15 is 0 Å². The number of nitrogen functional groups attached to an aromatic ring is 1. The summed E-state index contributed by atoms with van der Waals surface area (Å²) in [4.78, 5) is 0.648. The van der Waals surface area contributed by atoms with E-state index in [2.05, 4.69) is 0 Å². The second-order valence-electron chi connectivity index (χ2n) is 5.23. The summed E-state index contributed by atoms with van der Waals surface area (Å²) in [6.07, 6.45) is 0. The summed E-state index contributed by atoms with van der Waals surface area (Å²) in [6, 6.07) is 6.66. The van der Waals surface area contributed by atoms with E-state index < -0.39 is 22.2 Å². The molecule has 0 aromatic heterocycles. The Labute approximate surface area is 131 Å². The fraction of sp³-hybridized carbons (Fsp3) is 0.250. The third-order valence-corrected chi connectivity index (χ3v) is 4.42. The highest BCUT2D eigenvalue weighted by molar-refractivity contribution is 8.00. The highest BCUT2D eigenvalue weighted by atomic mass is 32.2. The van der Waals surface area contributed by atoms with Gasteiger partial charge in [-0.15, -0.1) is 11.8 Å². The molecular formula is C16H16F3NOS. The van der Waals surface area contributed by atoms with Gasteiger partial charge < -0.3 is 10.5 Å². The van der Waals surface area contributed by atoms with Gasteiger partial charge in [0.05, 0.1) is 12.8 Å². The predicted octanol–water partition coefficient (Wildman–Crippen LogP) is 4.72. The van der Waals surface area contributed by atoms with Crippen molar-refractivity contribution in [1.29, 1.82) is 0 Å². The highest BCUT2D eigenvalue weighted by Gasteiger charge is 2.31. The lowest BCUT2D eigenvalue weighted by Crippen LogP contribution is -2.17. The Morgan fingerprint density at radius 3 is 2.27 bits per heavy atom. The van der Waals surface area contributed by atoms with Crippen LogP contribution in [-0.2, 0) is 4.75 Å². The van der Waals surface area contributed by atoms with Crippen LogP contribution in [0.5, 0.6) is 5.75 Å². The molecule has 2 N–H and O–H groups in total. The van der Waals surface area contributed by atoms with Gasteiger partial charge in [0, 0.05) is 15.2 Å². The number of nitrogens with two attached hydrogens (primary N) is 1. The Kier molecular flexibility index (Phi) is 4.60. The summed E-state index contributed by atoms with van der Waals surface area (Å²) in [5.74, 6) is -2.15. The fourth-order valence-electron chi connectivity index (χ4n) is 2.20. The molecule has 2 rings (SSSR count). The third-order valence-electron chi connectivity index (χ3n) is 3.22. The van der Waals surface area contributed by atoms with Crippen LogP contribution in [0.1, 0.15) is 19.4 Å². The second kappa shape index (κ2) is 6.12. The number of rotatable bonds is 4. The first-order chi connectivity index (χ1) is 10.3. The quantitative estimate of drug-likeness (QED) is 0.652. The van der Waals surface area contributed by atoms with Gasteiger partial charge in [0.1, 0.15) is 11.6 Å². The largest absolute Gasteiger partial charge is 0.496 e. The summed E-state index contributed by atoms with van der Waals surface area (Å²) in [5, 5.41) is 0. The summed E-state index contributed by atoms with van der Waals surface area (Å²) in [6.45, 7) is 3.47. The van der Waals surface area contributed by atoms with E-state index in [9.17, 15) is 13.2 Å². The SMILES string of the molecule is COc1ccc(F)c(F)c1C(C)(C)Sc1ccc(F)c(N)c1. The van der Waals surface area contributed by atoms with Crippen molar-refractivity contribution in [3.63, 3.8) is 0 Å². The van der Waals surface area contributed by atoms with Crippen molar-refractivity contribution in [2.24, 2.45) is 0 Å². The monoisotopic (exact) mass is 327 g/mol. The van der Waals surface area contributed by atoms with Crippen LogP contribution < -0.4 is 10.5 Å². The molecule has 0 heterocycles. The average Bonchev–Trinajstić information content (AvgIpc) is 2.45. The van der Waals surface area contributed by atoms with Gasteiger partial charge in [0.15, 0.2) is 11.6 Å². The molecule has 0 aliphatic rings. The molecule has 0 saturated heterocycles. The minimum atomic E-state index is -0.952. The number of halogens is 3. The molecule has 2 nitrogen and oxygen atoms in total. The lowest BCUT2D eigenvalue weighted by atomic mass is 10.00. The second-order valence-corrected chi connectivity index (χ2v) is 6.93. The van der Waals surface area contributed by atoms with Gasteiger partial charge in [-0.05, 0) is 44.2 Å². The van der Waals surface area contributed by atoms with Gasteiger partial charge in [0.25, 0.3) is 0 Å². The van der Waals surface area contributed by atoms with E-state index in [0.29, 0.717) is 4.90 Å². The first-order valence-corrected chi connectivity index (χ1v) is 7.34. The van der Waals surface area contributed by atoms with Crippen LogP contribution in [0.3, 0.4) is 0 Å². The number of methoxy groups -OCH3 is 1. The zero-order valence-corrected chi connectivity index (χ0v) is 13.2. The molecule has 2 aromatic rings. The fourth-order valence-corrected chi connectivity index (χ4v) is 3.40. The summed E-state index contributed by atoms with van der Waals surface area (Å²) >= 11 is 1.24. The molecule has 6 heteroatoms. The molecule has 0 spiro atoms. The Balaban J connectivity index is 2.46. The van der Waals surface area contributed by atoms with Gasteiger partial charge in [-0.2, -0.15) is 0 Å². The average molecular weight is 327 g/mol. The van der Waals surface area contributed by atoms with E-state index in [4.69, 9.17) is 10.5 Å². The smallest absolute Gasteiger partial charge is 0.167 e. The highest BCUT2D eigenvalue weighted by Crippen LogP contribution is 2.46. The molecule has 118 valence electrons. The van der Waals surface area contributed by atoms with Gasteiger partial charge in [-0.25, -0.2) is 13.2 Å². The van der Waals surface area contributed by atoms with Crippen molar-refractivity contribution in [1.82, 2.24) is 0 Å². The third kappa shape index (κ3) is 3.16. The standard InChI is InChI=1S/C16H16F3NOS/c1-16(2,22-9-4-5-10(17)12(20)8-9)14-13(21-3)7-6-11(18)15(14)19/h4-8H,20H2,1-3H3. The van der Waals surface area contributed by atoms with Crippen molar-refractivity contribution in [3.8, 4) is 5.75 Å². The number of benzene rings is 2. The van der Waals surface area contributed by atoms with E-state index in [-0.39, 0.29) is 17.0 Å². The van der Waals surface area contributed by atoms with Gasteiger partial charge in [0.2, 0.25) is 0 Å².